The van der Waals surface area contributed by atoms with E-state index in [1.165, 1.54) is 0 Å². The number of hydrogen-bond acceptors (Lipinski definition) is 2. The predicted octanol–water partition coefficient (Wildman–Crippen LogP) is 3.63. The maximum Gasteiger partial charge on any atom is 0.401 e. The van der Waals surface area contributed by atoms with Gasteiger partial charge in [0, 0.05) is 11.5 Å². The summed E-state index contributed by atoms with van der Waals surface area (Å²) >= 11 is 0. The highest BCUT2D eigenvalue weighted by atomic mass is 19.4. The molecule has 0 fully saturated rings. The van der Waals surface area contributed by atoms with Gasteiger partial charge in [-0.15, -0.1) is 0 Å². The Kier molecular flexibility index (Phi) is 3.85. The first kappa shape index (κ1) is 15.0. The first-order valence-corrected chi connectivity index (χ1v) is 4.82. The summed E-state index contributed by atoms with van der Waals surface area (Å²) in [5.41, 5.74) is -3.22. The molecule has 0 radical (unpaired) electrons. The van der Waals surface area contributed by atoms with Gasteiger partial charge in [-0.3, -0.25) is 4.79 Å². The Bertz CT molecular complexity index is 306. The summed E-state index contributed by atoms with van der Waals surface area (Å²) in [5.74, 6) is -1.50. The van der Waals surface area contributed by atoms with Crippen molar-refractivity contribution in [3.63, 3.8) is 0 Å². The zero-order chi connectivity index (χ0) is 13.4. The zero-order valence-corrected chi connectivity index (χ0v) is 10.1. The largest absolute Gasteiger partial charge is 0.512 e. The van der Waals surface area contributed by atoms with Crippen LogP contribution in [0.4, 0.5) is 13.2 Å². The summed E-state index contributed by atoms with van der Waals surface area (Å²) in [6.07, 6.45) is -3.97. The van der Waals surface area contributed by atoms with Gasteiger partial charge in [-0.05, 0) is 13.8 Å². The van der Waals surface area contributed by atoms with Crippen molar-refractivity contribution in [3.05, 3.63) is 11.8 Å². The standard InChI is InChI=1S/C11H17F3O2/c1-9(2,3)7(15)6-8(16)10(4,5)11(12,13)14/h6,15H,1-5H3/b7-6-. The van der Waals surface area contributed by atoms with E-state index in [0.717, 1.165) is 13.8 Å². The van der Waals surface area contributed by atoms with Crippen molar-refractivity contribution in [1.82, 2.24) is 0 Å². The minimum Gasteiger partial charge on any atom is -0.512 e. The van der Waals surface area contributed by atoms with Gasteiger partial charge in [-0.2, -0.15) is 13.2 Å². The monoisotopic (exact) mass is 238 g/mol. The fourth-order valence-electron chi connectivity index (χ4n) is 0.661. The van der Waals surface area contributed by atoms with E-state index < -0.39 is 22.8 Å². The highest BCUT2D eigenvalue weighted by Crippen LogP contribution is 2.39. The molecule has 0 aliphatic carbocycles. The van der Waals surface area contributed by atoms with Crippen LogP contribution in [0.3, 0.4) is 0 Å². The molecule has 0 aromatic carbocycles. The zero-order valence-electron chi connectivity index (χ0n) is 10.1. The fourth-order valence-corrected chi connectivity index (χ4v) is 0.661. The summed E-state index contributed by atoms with van der Waals surface area (Å²) in [5, 5.41) is 9.46. The van der Waals surface area contributed by atoms with Gasteiger partial charge in [0.2, 0.25) is 0 Å². The summed E-state index contributed by atoms with van der Waals surface area (Å²) in [6.45, 7) is 6.40. The lowest BCUT2D eigenvalue weighted by Gasteiger charge is -2.25. The maximum absolute atomic E-state index is 12.5. The van der Waals surface area contributed by atoms with Gasteiger partial charge < -0.3 is 5.11 Å². The van der Waals surface area contributed by atoms with E-state index in [-0.39, 0.29) is 5.76 Å². The number of ketones is 1. The van der Waals surface area contributed by atoms with E-state index in [2.05, 4.69) is 0 Å². The molecule has 0 unspecified atom stereocenters. The van der Waals surface area contributed by atoms with Crippen LogP contribution in [0.1, 0.15) is 34.6 Å². The quantitative estimate of drug-likeness (QED) is 0.589. The van der Waals surface area contributed by atoms with Gasteiger partial charge in [0.25, 0.3) is 0 Å². The lowest BCUT2D eigenvalue weighted by atomic mass is 9.84. The topological polar surface area (TPSA) is 37.3 Å². The third-order valence-corrected chi connectivity index (χ3v) is 2.36. The lowest BCUT2D eigenvalue weighted by Crippen LogP contribution is -2.39. The summed E-state index contributed by atoms with van der Waals surface area (Å²) in [7, 11) is 0. The van der Waals surface area contributed by atoms with Gasteiger partial charge in [0.15, 0.2) is 5.78 Å². The number of carbonyl (C=O) groups excluding carboxylic acids is 1. The Balaban J connectivity index is 5.13. The van der Waals surface area contributed by atoms with Crippen molar-refractivity contribution in [2.24, 2.45) is 10.8 Å². The number of alkyl halides is 3. The van der Waals surface area contributed by atoms with Gasteiger partial charge >= 0.3 is 6.18 Å². The lowest BCUT2D eigenvalue weighted by molar-refractivity contribution is -0.207. The van der Waals surface area contributed by atoms with Crippen molar-refractivity contribution in [2.45, 2.75) is 40.8 Å². The molecule has 0 saturated carbocycles. The summed E-state index contributed by atoms with van der Waals surface area (Å²) in [4.78, 5) is 11.4. The number of aliphatic hydroxyl groups excluding tert-OH is 1. The Morgan fingerprint density at radius 2 is 1.44 bits per heavy atom. The molecular weight excluding hydrogens is 221 g/mol. The molecule has 0 aliphatic rings. The van der Waals surface area contributed by atoms with Crippen LogP contribution in [0, 0.1) is 10.8 Å². The van der Waals surface area contributed by atoms with Crippen LogP contribution in [-0.4, -0.2) is 17.1 Å². The van der Waals surface area contributed by atoms with E-state index in [0.29, 0.717) is 6.08 Å². The molecule has 0 saturated heterocycles. The van der Waals surface area contributed by atoms with Crippen LogP contribution in [-0.2, 0) is 4.79 Å². The molecule has 0 atom stereocenters. The van der Waals surface area contributed by atoms with Gasteiger partial charge in [-0.25, -0.2) is 0 Å². The first-order valence-electron chi connectivity index (χ1n) is 4.82. The highest BCUT2D eigenvalue weighted by Gasteiger charge is 2.52. The third-order valence-electron chi connectivity index (χ3n) is 2.36. The second kappa shape index (κ2) is 4.11. The van der Waals surface area contributed by atoms with Crippen LogP contribution >= 0.6 is 0 Å². The van der Waals surface area contributed by atoms with E-state index >= 15 is 0 Å². The van der Waals surface area contributed by atoms with Gasteiger partial charge in [0.1, 0.15) is 11.2 Å². The van der Waals surface area contributed by atoms with Gasteiger partial charge in [0.05, 0.1) is 0 Å². The molecule has 5 heteroatoms. The van der Waals surface area contributed by atoms with Crippen molar-refractivity contribution in [1.29, 1.82) is 0 Å². The minimum atomic E-state index is -4.63. The molecule has 0 aromatic rings. The first-order chi connectivity index (χ1) is 6.80. The van der Waals surface area contributed by atoms with Crippen LogP contribution in [0.25, 0.3) is 0 Å². The highest BCUT2D eigenvalue weighted by molar-refractivity contribution is 5.95. The number of aliphatic hydroxyl groups is 1. The molecule has 0 heterocycles. The van der Waals surface area contributed by atoms with Crippen molar-refractivity contribution < 1.29 is 23.1 Å². The summed E-state index contributed by atoms with van der Waals surface area (Å²) < 4.78 is 37.5. The SMILES string of the molecule is CC(C)(C)/C(O)=C/C(=O)C(C)(C)C(F)(F)F. The second-order valence-corrected chi connectivity index (χ2v) is 5.27. The van der Waals surface area contributed by atoms with Crippen molar-refractivity contribution in [3.8, 4) is 0 Å². The Hall–Kier alpha value is -1.00. The number of carbonyl (C=O) groups is 1. The number of hydrogen-bond donors (Lipinski definition) is 1. The minimum absolute atomic E-state index is 0.352. The fraction of sp³-hybridized carbons (Fsp3) is 0.727. The number of halogens is 3. The Labute approximate surface area is 93.2 Å². The van der Waals surface area contributed by atoms with Gasteiger partial charge in [-0.1, -0.05) is 20.8 Å². The summed E-state index contributed by atoms with van der Waals surface area (Å²) in [6, 6.07) is 0. The van der Waals surface area contributed by atoms with Crippen LogP contribution < -0.4 is 0 Å². The molecule has 0 aliphatic heterocycles. The van der Waals surface area contributed by atoms with E-state index in [9.17, 15) is 23.1 Å². The maximum atomic E-state index is 12.5. The molecule has 2 nitrogen and oxygen atoms in total. The van der Waals surface area contributed by atoms with Crippen LogP contribution in [0.2, 0.25) is 0 Å². The molecule has 0 bridgehead atoms. The van der Waals surface area contributed by atoms with E-state index in [1.54, 1.807) is 20.8 Å². The van der Waals surface area contributed by atoms with E-state index in [1.807, 2.05) is 0 Å². The average molecular weight is 238 g/mol. The molecule has 0 aromatic heterocycles. The van der Waals surface area contributed by atoms with Crippen LogP contribution in [0.15, 0.2) is 11.8 Å². The normalized spacial score (nSPS) is 15.1. The Morgan fingerprint density at radius 1 is 1.06 bits per heavy atom. The Morgan fingerprint density at radius 3 is 1.69 bits per heavy atom. The average Bonchev–Trinajstić information content (AvgIpc) is 1.99. The van der Waals surface area contributed by atoms with Crippen molar-refractivity contribution in [2.75, 3.05) is 0 Å². The second-order valence-electron chi connectivity index (χ2n) is 5.27. The molecule has 0 spiro atoms. The molecule has 0 rings (SSSR count). The predicted molar refractivity (Wildman–Crippen MR) is 55.0 cm³/mol. The van der Waals surface area contributed by atoms with Crippen LogP contribution in [0.5, 0.6) is 0 Å². The number of rotatable bonds is 2. The molecule has 0 amide bonds. The number of allylic oxidation sites excluding steroid dienone is 2. The molecular formula is C11H17F3O2. The third kappa shape index (κ3) is 3.25. The smallest absolute Gasteiger partial charge is 0.401 e. The van der Waals surface area contributed by atoms with E-state index in [4.69, 9.17) is 0 Å². The molecule has 16 heavy (non-hydrogen) atoms. The molecule has 94 valence electrons. The van der Waals surface area contributed by atoms with Crippen molar-refractivity contribution >= 4 is 5.78 Å². The molecule has 1 N–H and O–H groups in total.